The zero-order valence-corrected chi connectivity index (χ0v) is 8.67. The van der Waals surface area contributed by atoms with Crippen molar-refractivity contribution in [3.8, 4) is 0 Å². The summed E-state index contributed by atoms with van der Waals surface area (Å²) in [4.78, 5) is 2.32. The zero-order chi connectivity index (χ0) is 9.86. The van der Waals surface area contributed by atoms with Gasteiger partial charge in [-0.05, 0) is 12.8 Å². The number of rotatable bonds is 2. The van der Waals surface area contributed by atoms with Crippen LogP contribution in [0.1, 0.15) is 12.8 Å². The van der Waals surface area contributed by atoms with Gasteiger partial charge in [-0.3, -0.25) is 4.90 Å². The molecule has 0 amide bonds. The first-order valence-corrected chi connectivity index (χ1v) is 5.52. The van der Waals surface area contributed by atoms with Crippen LogP contribution in [0.5, 0.6) is 0 Å². The van der Waals surface area contributed by atoms with E-state index in [-0.39, 0.29) is 0 Å². The molecule has 14 heavy (non-hydrogen) atoms. The molecule has 0 aliphatic carbocycles. The third-order valence-electron chi connectivity index (χ3n) is 3.03. The van der Waals surface area contributed by atoms with Gasteiger partial charge in [-0.1, -0.05) is 0 Å². The van der Waals surface area contributed by atoms with E-state index in [9.17, 15) is 5.11 Å². The summed E-state index contributed by atoms with van der Waals surface area (Å²) in [6.07, 6.45) is 1.87. The van der Waals surface area contributed by atoms with E-state index in [1.54, 1.807) is 0 Å². The van der Waals surface area contributed by atoms with Crippen LogP contribution in [-0.2, 0) is 4.74 Å². The van der Waals surface area contributed by atoms with Crippen molar-refractivity contribution in [2.75, 3.05) is 45.9 Å². The van der Waals surface area contributed by atoms with Crippen LogP contribution in [0, 0.1) is 0 Å². The van der Waals surface area contributed by atoms with Crippen LogP contribution < -0.4 is 5.32 Å². The molecule has 2 saturated heterocycles. The molecule has 2 aliphatic rings. The zero-order valence-electron chi connectivity index (χ0n) is 8.67. The Kier molecular flexibility index (Phi) is 3.38. The second-order valence-corrected chi connectivity index (χ2v) is 4.41. The van der Waals surface area contributed by atoms with Gasteiger partial charge in [-0.15, -0.1) is 0 Å². The monoisotopic (exact) mass is 200 g/mol. The van der Waals surface area contributed by atoms with Gasteiger partial charge < -0.3 is 15.2 Å². The molecular weight excluding hydrogens is 180 g/mol. The summed E-state index contributed by atoms with van der Waals surface area (Å²) in [5, 5.41) is 13.5. The molecule has 4 nitrogen and oxygen atoms in total. The molecule has 1 atom stereocenters. The highest BCUT2D eigenvalue weighted by Gasteiger charge is 2.32. The molecule has 0 bridgehead atoms. The smallest absolute Gasteiger partial charge is 0.101 e. The Morgan fingerprint density at radius 2 is 2.14 bits per heavy atom. The average Bonchev–Trinajstić information content (AvgIpc) is 2.19. The van der Waals surface area contributed by atoms with Crippen molar-refractivity contribution in [2.45, 2.75) is 18.4 Å². The number of β-amino-alcohol motifs (C(OH)–C–C–N with tert-alkyl or cyclic N) is 1. The number of piperazine rings is 1. The highest BCUT2D eigenvalue weighted by Crippen LogP contribution is 2.20. The number of nitrogens with one attached hydrogen (secondary N) is 1. The maximum atomic E-state index is 10.2. The topological polar surface area (TPSA) is 44.7 Å². The summed E-state index contributed by atoms with van der Waals surface area (Å²) in [5.41, 5.74) is -0.588. The van der Waals surface area contributed by atoms with Gasteiger partial charge in [-0.2, -0.15) is 0 Å². The predicted molar refractivity (Wildman–Crippen MR) is 54.3 cm³/mol. The predicted octanol–water partition coefficient (Wildman–Crippen LogP) is -0.567. The van der Waals surface area contributed by atoms with E-state index in [0.717, 1.165) is 52.2 Å². The molecule has 0 radical (unpaired) electrons. The highest BCUT2D eigenvalue weighted by molar-refractivity contribution is 4.86. The molecule has 0 saturated carbocycles. The third kappa shape index (κ3) is 2.67. The van der Waals surface area contributed by atoms with Crippen LogP contribution in [0.15, 0.2) is 0 Å². The van der Waals surface area contributed by atoms with Gasteiger partial charge in [0.25, 0.3) is 0 Å². The van der Waals surface area contributed by atoms with E-state index >= 15 is 0 Å². The Labute approximate surface area is 85.2 Å². The maximum Gasteiger partial charge on any atom is 0.101 e. The molecule has 2 rings (SSSR count). The molecule has 2 N–H and O–H groups in total. The van der Waals surface area contributed by atoms with Crippen LogP contribution in [-0.4, -0.2) is 61.5 Å². The van der Waals surface area contributed by atoms with Crippen LogP contribution >= 0.6 is 0 Å². The third-order valence-corrected chi connectivity index (χ3v) is 3.03. The van der Waals surface area contributed by atoms with E-state index < -0.39 is 5.60 Å². The van der Waals surface area contributed by atoms with Crippen molar-refractivity contribution in [2.24, 2.45) is 0 Å². The minimum atomic E-state index is -0.588. The van der Waals surface area contributed by atoms with Gasteiger partial charge in [0.2, 0.25) is 0 Å². The van der Waals surface area contributed by atoms with E-state index in [4.69, 9.17) is 4.74 Å². The molecule has 2 fully saturated rings. The lowest BCUT2D eigenvalue weighted by Crippen LogP contribution is -2.53. The van der Waals surface area contributed by atoms with Crippen molar-refractivity contribution in [1.82, 2.24) is 10.2 Å². The lowest BCUT2D eigenvalue weighted by molar-refractivity contribution is -0.101. The molecule has 2 heterocycles. The summed E-state index contributed by atoms with van der Waals surface area (Å²) in [7, 11) is 0. The fraction of sp³-hybridized carbons (Fsp3) is 1.00. The number of nitrogens with zero attached hydrogens (tertiary/aromatic N) is 1. The molecule has 0 aromatic rings. The lowest BCUT2D eigenvalue weighted by atomic mass is 9.96. The van der Waals surface area contributed by atoms with E-state index in [2.05, 4.69) is 10.2 Å². The van der Waals surface area contributed by atoms with Crippen molar-refractivity contribution < 1.29 is 9.84 Å². The van der Waals surface area contributed by atoms with Crippen molar-refractivity contribution >= 4 is 0 Å². The fourth-order valence-corrected chi connectivity index (χ4v) is 2.25. The SMILES string of the molecule is OC1(CN2CCNCC2)CCCOC1. The minimum absolute atomic E-state index is 0.511. The summed E-state index contributed by atoms with van der Waals surface area (Å²) in [5.74, 6) is 0. The van der Waals surface area contributed by atoms with Crippen LogP contribution in [0.2, 0.25) is 0 Å². The first kappa shape index (κ1) is 10.4. The Balaban J connectivity index is 1.81. The number of hydrogen-bond donors (Lipinski definition) is 2. The Morgan fingerprint density at radius 3 is 2.79 bits per heavy atom. The van der Waals surface area contributed by atoms with Gasteiger partial charge in [0.05, 0.1) is 6.61 Å². The van der Waals surface area contributed by atoms with Crippen molar-refractivity contribution in [3.05, 3.63) is 0 Å². The largest absolute Gasteiger partial charge is 0.386 e. The van der Waals surface area contributed by atoms with E-state index in [0.29, 0.717) is 6.61 Å². The standard InChI is InChI=1S/C10H20N2O2/c13-10(2-1-7-14-9-10)8-12-5-3-11-4-6-12/h11,13H,1-9H2. The van der Waals surface area contributed by atoms with Crippen LogP contribution in [0.4, 0.5) is 0 Å². The summed E-state index contributed by atoms with van der Waals surface area (Å²) >= 11 is 0. The number of ether oxygens (including phenoxy) is 1. The molecule has 0 spiro atoms. The van der Waals surface area contributed by atoms with Gasteiger partial charge >= 0.3 is 0 Å². The molecule has 4 heteroatoms. The second-order valence-electron chi connectivity index (χ2n) is 4.41. The van der Waals surface area contributed by atoms with Crippen LogP contribution in [0.3, 0.4) is 0 Å². The first-order chi connectivity index (χ1) is 6.79. The fourth-order valence-electron chi connectivity index (χ4n) is 2.25. The van der Waals surface area contributed by atoms with E-state index in [1.807, 2.05) is 0 Å². The quantitative estimate of drug-likeness (QED) is 0.627. The van der Waals surface area contributed by atoms with Crippen molar-refractivity contribution in [3.63, 3.8) is 0 Å². The number of aliphatic hydroxyl groups is 1. The number of hydrogen-bond acceptors (Lipinski definition) is 4. The molecular formula is C10H20N2O2. The van der Waals surface area contributed by atoms with Crippen LogP contribution in [0.25, 0.3) is 0 Å². The molecule has 0 aromatic carbocycles. The average molecular weight is 200 g/mol. The first-order valence-electron chi connectivity index (χ1n) is 5.52. The highest BCUT2D eigenvalue weighted by atomic mass is 16.5. The van der Waals surface area contributed by atoms with Gasteiger partial charge in [-0.25, -0.2) is 0 Å². The summed E-state index contributed by atoms with van der Waals surface area (Å²) < 4.78 is 5.33. The Morgan fingerprint density at radius 1 is 1.36 bits per heavy atom. The minimum Gasteiger partial charge on any atom is -0.386 e. The van der Waals surface area contributed by atoms with Gasteiger partial charge in [0.1, 0.15) is 5.60 Å². The normalized spacial score (nSPS) is 35.8. The molecule has 2 aliphatic heterocycles. The van der Waals surface area contributed by atoms with Gasteiger partial charge in [0.15, 0.2) is 0 Å². The second kappa shape index (κ2) is 4.57. The van der Waals surface area contributed by atoms with Gasteiger partial charge in [0, 0.05) is 39.3 Å². The summed E-state index contributed by atoms with van der Waals surface area (Å²) in [6.45, 7) is 6.26. The Hall–Kier alpha value is -0.160. The maximum absolute atomic E-state index is 10.2. The summed E-state index contributed by atoms with van der Waals surface area (Å²) in [6, 6.07) is 0. The molecule has 0 aromatic heterocycles. The molecule has 82 valence electrons. The Bertz CT molecular complexity index is 175. The molecule has 1 unspecified atom stereocenters. The van der Waals surface area contributed by atoms with E-state index in [1.165, 1.54) is 0 Å². The lowest BCUT2D eigenvalue weighted by Gasteiger charge is -2.38. The van der Waals surface area contributed by atoms with Crippen molar-refractivity contribution in [1.29, 1.82) is 0 Å².